The minimum atomic E-state index is 0.238. The summed E-state index contributed by atoms with van der Waals surface area (Å²) in [7, 11) is 0. The molecule has 7 nitrogen and oxygen atoms in total. The van der Waals surface area contributed by atoms with E-state index in [1.54, 1.807) is 0 Å². The highest BCUT2D eigenvalue weighted by atomic mass is 35.5. The van der Waals surface area contributed by atoms with Crippen molar-refractivity contribution in [3.05, 3.63) is 34.6 Å². The van der Waals surface area contributed by atoms with Gasteiger partial charge < -0.3 is 9.64 Å². The molecule has 4 rings (SSSR count). The van der Waals surface area contributed by atoms with E-state index in [0.717, 1.165) is 69.4 Å². The summed E-state index contributed by atoms with van der Waals surface area (Å²) in [6.07, 6.45) is 5.89. The van der Waals surface area contributed by atoms with E-state index in [1.165, 1.54) is 24.1 Å². The Labute approximate surface area is 184 Å². The highest BCUT2D eigenvalue weighted by Crippen LogP contribution is 2.30. The van der Waals surface area contributed by atoms with Gasteiger partial charge in [-0.2, -0.15) is 0 Å². The molecule has 0 radical (unpaired) electrons. The lowest BCUT2D eigenvalue weighted by atomic mass is 10.1. The number of hydrogen-bond acceptors (Lipinski definition) is 6. The molecule has 2 saturated heterocycles. The van der Waals surface area contributed by atoms with E-state index in [9.17, 15) is 0 Å². The molecule has 8 heteroatoms. The zero-order valence-corrected chi connectivity index (χ0v) is 18.9. The van der Waals surface area contributed by atoms with Gasteiger partial charge in [-0.25, -0.2) is 4.68 Å². The van der Waals surface area contributed by atoms with Crippen LogP contribution in [0.4, 0.5) is 5.69 Å². The standard InChI is InChI=1S/C22H33ClN6O/c1-3-4-7-20(22-24-25-26-29(22)16-19-6-5-14-30-19)27-10-12-28(13-11-27)21-15-18(23)9-8-17(21)2/h8-9,15,19-20H,3-7,10-14,16H2,1-2H3/t19-,20+/m0/s1. The van der Waals surface area contributed by atoms with Gasteiger partial charge in [0.25, 0.3) is 0 Å². The van der Waals surface area contributed by atoms with E-state index >= 15 is 0 Å². The van der Waals surface area contributed by atoms with Gasteiger partial charge in [-0.3, -0.25) is 4.90 Å². The van der Waals surface area contributed by atoms with Crippen LogP contribution in [0, 0.1) is 6.92 Å². The van der Waals surface area contributed by atoms with Gasteiger partial charge in [0, 0.05) is 43.5 Å². The third-order valence-electron chi connectivity index (χ3n) is 6.36. The van der Waals surface area contributed by atoms with Gasteiger partial charge >= 0.3 is 0 Å². The van der Waals surface area contributed by atoms with Gasteiger partial charge in [-0.15, -0.1) is 5.10 Å². The van der Waals surface area contributed by atoms with Crippen molar-refractivity contribution in [1.82, 2.24) is 25.1 Å². The highest BCUT2D eigenvalue weighted by Gasteiger charge is 2.30. The largest absolute Gasteiger partial charge is 0.376 e. The van der Waals surface area contributed by atoms with E-state index in [-0.39, 0.29) is 12.1 Å². The Kier molecular flexibility index (Phi) is 7.23. The Hall–Kier alpha value is -1.70. The van der Waals surface area contributed by atoms with Gasteiger partial charge in [0.05, 0.1) is 18.7 Å². The minimum absolute atomic E-state index is 0.238. The molecule has 1 aromatic heterocycles. The van der Waals surface area contributed by atoms with Gasteiger partial charge in [0.15, 0.2) is 5.82 Å². The maximum absolute atomic E-state index is 6.25. The summed E-state index contributed by atoms with van der Waals surface area (Å²) in [5.41, 5.74) is 2.52. The van der Waals surface area contributed by atoms with E-state index < -0.39 is 0 Å². The molecule has 2 aliphatic heterocycles. The summed E-state index contributed by atoms with van der Waals surface area (Å²) in [4.78, 5) is 5.01. The SMILES string of the molecule is CCCC[C@H](c1nnnn1C[C@@H]1CCCO1)N1CCN(c2cc(Cl)ccc2C)CC1. The summed E-state index contributed by atoms with van der Waals surface area (Å²) in [6.45, 7) is 9.96. The maximum Gasteiger partial charge on any atom is 0.168 e. The monoisotopic (exact) mass is 432 g/mol. The number of ether oxygens (including phenoxy) is 1. The first-order valence-corrected chi connectivity index (χ1v) is 11.7. The van der Waals surface area contributed by atoms with Crippen LogP contribution in [0.1, 0.15) is 56.5 Å². The fourth-order valence-corrected chi connectivity index (χ4v) is 4.80. The van der Waals surface area contributed by atoms with E-state index in [1.807, 2.05) is 10.7 Å². The summed E-state index contributed by atoms with van der Waals surface area (Å²) in [6, 6.07) is 6.41. The molecule has 0 N–H and O–H groups in total. The number of tetrazole rings is 1. The van der Waals surface area contributed by atoms with E-state index in [2.05, 4.69) is 51.3 Å². The van der Waals surface area contributed by atoms with Crippen LogP contribution in [0.25, 0.3) is 0 Å². The van der Waals surface area contributed by atoms with Crippen molar-refractivity contribution in [2.45, 2.75) is 64.6 Å². The second kappa shape index (κ2) is 10.1. The number of hydrogen-bond donors (Lipinski definition) is 0. The topological polar surface area (TPSA) is 59.3 Å². The van der Waals surface area contributed by atoms with Crippen molar-refractivity contribution in [1.29, 1.82) is 0 Å². The Bertz CT molecular complexity index is 814. The molecule has 0 spiro atoms. The molecule has 2 fully saturated rings. The Morgan fingerprint density at radius 1 is 1.23 bits per heavy atom. The third-order valence-corrected chi connectivity index (χ3v) is 6.59. The number of aromatic nitrogens is 4. The zero-order chi connectivity index (χ0) is 20.9. The maximum atomic E-state index is 6.25. The number of nitrogens with zero attached hydrogens (tertiary/aromatic N) is 6. The van der Waals surface area contributed by atoms with Crippen molar-refractivity contribution in [3.8, 4) is 0 Å². The first-order valence-electron chi connectivity index (χ1n) is 11.3. The molecule has 3 heterocycles. The zero-order valence-electron chi connectivity index (χ0n) is 18.1. The fraction of sp³-hybridized carbons (Fsp3) is 0.682. The summed E-state index contributed by atoms with van der Waals surface area (Å²) in [5, 5.41) is 13.6. The third kappa shape index (κ3) is 4.95. The predicted molar refractivity (Wildman–Crippen MR) is 119 cm³/mol. The van der Waals surface area contributed by atoms with Crippen LogP contribution in [0.3, 0.4) is 0 Å². The van der Waals surface area contributed by atoms with Crippen molar-refractivity contribution in [2.75, 3.05) is 37.7 Å². The Balaban J connectivity index is 1.46. The fourth-order valence-electron chi connectivity index (χ4n) is 4.63. The minimum Gasteiger partial charge on any atom is -0.376 e. The molecule has 0 saturated carbocycles. The molecule has 164 valence electrons. The number of rotatable bonds is 8. The lowest BCUT2D eigenvalue weighted by Crippen LogP contribution is -2.48. The molecule has 0 amide bonds. The summed E-state index contributed by atoms with van der Waals surface area (Å²) >= 11 is 6.25. The Morgan fingerprint density at radius 2 is 2.07 bits per heavy atom. The number of unbranched alkanes of at least 4 members (excludes halogenated alkanes) is 1. The molecular weight excluding hydrogens is 400 g/mol. The first kappa shape index (κ1) is 21.5. The number of benzene rings is 1. The normalized spacial score (nSPS) is 21.3. The van der Waals surface area contributed by atoms with E-state index in [0.29, 0.717) is 0 Å². The molecule has 1 aromatic carbocycles. The molecule has 2 atom stereocenters. The van der Waals surface area contributed by atoms with Gasteiger partial charge in [0.1, 0.15) is 0 Å². The van der Waals surface area contributed by atoms with Crippen LogP contribution in [-0.2, 0) is 11.3 Å². The molecule has 2 aromatic rings. The smallest absolute Gasteiger partial charge is 0.168 e. The molecule has 30 heavy (non-hydrogen) atoms. The second-order valence-corrected chi connectivity index (χ2v) is 8.90. The van der Waals surface area contributed by atoms with Gasteiger partial charge in [-0.05, 0) is 54.3 Å². The van der Waals surface area contributed by atoms with Crippen LogP contribution >= 0.6 is 11.6 Å². The number of piperazine rings is 1. The van der Waals surface area contributed by atoms with Gasteiger partial charge in [0.2, 0.25) is 0 Å². The summed E-state index contributed by atoms with van der Waals surface area (Å²) < 4.78 is 7.81. The molecule has 0 bridgehead atoms. The van der Waals surface area contributed by atoms with Crippen molar-refractivity contribution >= 4 is 17.3 Å². The van der Waals surface area contributed by atoms with Crippen LogP contribution in [0.15, 0.2) is 18.2 Å². The lowest BCUT2D eigenvalue weighted by Gasteiger charge is -2.40. The van der Waals surface area contributed by atoms with Crippen LogP contribution in [-0.4, -0.2) is 64.0 Å². The number of aryl methyl sites for hydroxylation is 1. The predicted octanol–water partition coefficient (Wildman–Crippen LogP) is 3.87. The summed E-state index contributed by atoms with van der Waals surface area (Å²) in [5.74, 6) is 0.992. The van der Waals surface area contributed by atoms with Crippen molar-refractivity contribution in [2.24, 2.45) is 0 Å². The molecule has 0 aliphatic carbocycles. The van der Waals surface area contributed by atoms with Crippen LogP contribution in [0.2, 0.25) is 5.02 Å². The van der Waals surface area contributed by atoms with Crippen molar-refractivity contribution in [3.63, 3.8) is 0 Å². The molecular formula is C22H33ClN6O. The second-order valence-electron chi connectivity index (χ2n) is 8.47. The van der Waals surface area contributed by atoms with Crippen molar-refractivity contribution < 1.29 is 4.74 Å². The lowest BCUT2D eigenvalue weighted by molar-refractivity contribution is 0.0890. The molecule has 2 aliphatic rings. The average Bonchev–Trinajstić information content (AvgIpc) is 3.44. The number of anilines is 1. The number of halogens is 1. The molecule has 0 unspecified atom stereocenters. The highest BCUT2D eigenvalue weighted by molar-refractivity contribution is 6.30. The van der Waals surface area contributed by atoms with Gasteiger partial charge in [-0.1, -0.05) is 37.4 Å². The average molecular weight is 433 g/mol. The van der Waals surface area contributed by atoms with Crippen LogP contribution in [0.5, 0.6) is 0 Å². The Morgan fingerprint density at radius 3 is 2.80 bits per heavy atom. The van der Waals surface area contributed by atoms with E-state index in [4.69, 9.17) is 16.3 Å². The quantitative estimate of drug-likeness (QED) is 0.631. The first-order chi connectivity index (χ1) is 14.7. The van der Waals surface area contributed by atoms with Crippen LogP contribution < -0.4 is 4.90 Å².